The molecule has 0 aromatic carbocycles. The molecule has 0 radical (unpaired) electrons. The molecular weight excluding hydrogens is 218 g/mol. The second-order valence-electron chi connectivity index (χ2n) is 3.33. The molecule has 0 fully saturated rings. The van der Waals surface area contributed by atoms with Gasteiger partial charge in [0.2, 0.25) is 0 Å². The van der Waals surface area contributed by atoms with Crippen molar-refractivity contribution in [1.29, 1.82) is 0 Å². The molecule has 0 spiro atoms. The number of nitrogens with one attached hydrogen (secondary N) is 1. The highest BCUT2D eigenvalue weighted by Gasteiger charge is 1.93. The Morgan fingerprint density at radius 2 is 1.80 bits per heavy atom. The van der Waals surface area contributed by atoms with Crippen LogP contribution in [0.15, 0.2) is 11.6 Å². The van der Waals surface area contributed by atoms with Gasteiger partial charge in [0.25, 0.3) is 0 Å². The van der Waals surface area contributed by atoms with Gasteiger partial charge >= 0.3 is 6.16 Å². The zero-order valence-corrected chi connectivity index (χ0v) is 10.6. The molecule has 92 valence electrons. The predicted octanol–water partition coefficient (Wildman–Crippen LogP) is 2.98. The number of carboxylic acid groups (broad SMARTS) is 2. The molecule has 1 unspecified atom stereocenters. The van der Waals surface area contributed by atoms with Gasteiger partial charge in [-0.25, -0.2) is 4.79 Å². The van der Waals surface area contributed by atoms with Crippen molar-refractivity contribution < 1.29 is 15.0 Å². The van der Waals surface area contributed by atoms with E-state index in [-0.39, 0.29) is 12.4 Å². The van der Waals surface area contributed by atoms with E-state index in [4.69, 9.17) is 15.0 Å². The summed E-state index contributed by atoms with van der Waals surface area (Å²) in [4.78, 5) is 8.56. The number of halogens is 1. The lowest BCUT2D eigenvalue weighted by molar-refractivity contribution is 0.137. The fraction of sp³-hybridized carbons (Fsp3) is 0.700. The molecule has 0 aliphatic carbocycles. The first-order valence-corrected chi connectivity index (χ1v) is 4.62. The van der Waals surface area contributed by atoms with E-state index < -0.39 is 6.16 Å². The Balaban J connectivity index is -0.000000249. The average molecular weight is 240 g/mol. The van der Waals surface area contributed by atoms with Crippen molar-refractivity contribution in [2.75, 3.05) is 7.05 Å². The van der Waals surface area contributed by atoms with E-state index in [1.807, 2.05) is 7.05 Å². The lowest BCUT2D eigenvalue weighted by Gasteiger charge is -2.06. The Morgan fingerprint density at radius 3 is 2.07 bits per heavy atom. The van der Waals surface area contributed by atoms with E-state index in [1.165, 1.54) is 18.4 Å². The first-order chi connectivity index (χ1) is 6.40. The Hall–Kier alpha value is -0.740. The molecular formula is C10H22ClNO3. The zero-order valence-electron chi connectivity index (χ0n) is 9.78. The van der Waals surface area contributed by atoms with Gasteiger partial charge in [-0.1, -0.05) is 11.6 Å². The quantitative estimate of drug-likeness (QED) is 0.660. The minimum Gasteiger partial charge on any atom is -0.450 e. The van der Waals surface area contributed by atoms with Gasteiger partial charge in [-0.15, -0.1) is 12.4 Å². The minimum absolute atomic E-state index is 0. The van der Waals surface area contributed by atoms with Gasteiger partial charge < -0.3 is 15.5 Å². The first kappa shape index (κ1) is 19.8. The Kier molecular flexibility index (Phi) is 17.5. The topological polar surface area (TPSA) is 69.6 Å². The van der Waals surface area contributed by atoms with Crippen LogP contribution in [0.3, 0.4) is 0 Å². The summed E-state index contributed by atoms with van der Waals surface area (Å²) in [6, 6.07) is 0.649. The maximum Gasteiger partial charge on any atom is 0.503 e. The lowest BCUT2D eigenvalue weighted by Crippen LogP contribution is -2.20. The maximum atomic E-state index is 8.56. The number of allylic oxidation sites excluding steroid dienone is 2. The molecule has 0 heterocycles. The summed E-state index contributed by atoms with van der Waals surface area (Å²) in [6.45, 7) is 6.49. The molecule has 0 saturated carbocycles. The minimum atomic E-state index is -1.83. The van der Waals surface area contributed by atoms with Gasteiger partial charge in [0, 0.05) is 6.04 Å². The summed E-state index contributed by atoms with van der Waals surface area (Å²) in [5.74, 6) is 0. The monoisotopic (exact) mass is 239 g/mol. The molecule has 0 aromatic rings. The zero-order chi connectivity index (χ0) is 11.6. The summed E-state index contributed by atoms with van der Waals surface area (Å²) in [5.41, 5.74) is 1.42. The second-order valence-corrected chi connectivity index (χ2v) is 3.33. The van der Waals surface area contributed by atoms with Gasteiger partial charge in [0.15, 0.2) is 0 Å². The fourth-order valence-electron chi connectivity index (χ4n) is 0.766. The fourth-order valence-corrected chi connectivity index (χ4v) is 0.766. The molecule has 0 rings (SSSR count). The van der Waals surface area contributed by atoms with E-state index in [2.05, 4.69) is 32.2 Å². The smallest absolute Gasteiger partial charge is 0.450 e. The number of hydrogen-bond acceptors (Lipinski definition) is 2. The van der Waals surface area contributed by atoms with Crippen molar-refractivity contribution in [2.45, 2.75) is 39.7 Å². The molecule has 0 aliphatic rings. The van der Waals surface area contributed by atoms with Crippen molar-refractivity contribution in [3.8, 4) is 0 Å². The van der Waals surface area contributed by atoms with E-state index in [1.54, 1.807) is 0 Å². The Bertz CT molecular complexity index is 176. The van der Waals surface area contributed by atoms with Crippen LogP contribution in [0.25, 0.3) is 0 Å². The molecule has 0 aromatic heterocycles. The highest BCUT2D eigenvalue weighted by atomic mass is 35.5. The van der Waals surface area contributed by atoms with Gasteiger partial charge in [-0.2, -0.15) is 0 Å². The summed E-state index contributed by atoms with van der Waals surface area (Å²) in [7, 11) is 2.01. The first-order valence-electron chi connectivity index (χ1n) is 4.62. The van der Waals surface area contributed by atoms with Crippen molar-refractivity contribution in [3.05, 3.63) is 11.6 Å². The molecule has 0 saturated heterocycles. The van der Waals surface area contributed by atoms with Gasteiger partial charge in [-0.3, -0.25) is 0 Å². The lowest BCUT2D eigenvalue weighted by atomic mass is 10.1. The summed E-state index contributed by atoms with van der Waals surface area (Å²) in [5, 5.41) is 17.2. The summed E-state index contributed by atoms with van der Waals surface area (Å²) < 4.78 is 0. The normalized spacial score (nSPS) is 10.1. The van der Waals surface area contributed by atoms with Crippen molar-refractivity contribution in [2.24, 2.45) is 0 Å². The van der Waals surface area contributed by atoms with Gasteiger partial charge in [-0.05, 0) is 40.7 Å². The molecule has 1 atom stereocenters. The van der Waals surface area contributed by atoms with Crippen LogP contribution in [0.2, 0.25) is 0 Å². The van der Waals surface area contributed by atoms with E-state index in [0.717, 1.165) is 0 Å². The molecule has 0 amide bonds. The Labute approximate surface area is 97.8 Å². The predicted molar refractivity (Wildman–Crippen MR) is 65.1 cm³/mol. The van der Waals surface area contributed by atoms with Crippen LogP contribution < -0.4 is 5.32 Å². The third-order valence-electron chi connectivity index (χ3n) is 1.65. The molecule has 3 N–H and O–H groups in total. The number of carbonyl (C=O) groups is 1. The third-order valence-corrected chi connectivity index (χ3v) is 1.65. The molecule has 0 bridgehead atoms. The standard InChI is InChI=1S/C9H19N.CH2O3.ClH/c1-8(2)6-5-7-9(3)10-4;2-1(3)4;/h6,9-10H,5,7H2,1-4H3;(H2,2,3,4);1H. The van der Waals surface area contributed by atoms with E-state index >= 15 is 0 Å². The van der Waals surface area contributed by atoms with Gasteiger partial charge in [0.05, 0.1) is 0 Å². The summed E-state index contributed by atoms with van der Waals surface area (Å²) >= 11 is 0. The van der Waals surface area contributed by atoms with Crippen LogP contribution in [0.4, 0.5) is 4.79 Å². The van der Waals surface area contributed by atoms with Crippen LogP contribution in [0.1, 0.15) is 33.6 Å². The van der Waals surface area contributed by atoms with E-state index in [9.17, 15) is 0 Å². The van der Waals surface area contributed by atoms with Crippen LogP contribution >= 0.6 is 12.4 Å². The van der Waals surface area contributed by atoms with Crippen molar-refractivity contribution in [3.63, 3.8) is 0 Å². The van der Waals surface area contributed by atoms with Crippen LogP contribution in [0.5, 0.6) is 0 Å². The highest BCUT2D eigenvalue weighted by molar-refractivity contribution is 5.85. The van der Waals surface area contributed by atoms with Gasteiger partial charge in [0.1, 0.15) is 0 Å². The van der Waals surface area contributed by atoms with E-state index in [0.29, 0.717) is 6.04 Å². The molecule has 0 aliphatic heterocycles. The van der Waals surface area contributed by atoms with Crippen molar-refractivity contribution >= 4 is 18.6 Å². The molecule has 4 nitrogen and oxygen atoms in total. The van der Waals surface area contributed by atoms with Crippen LogP contribution in [-0.4, -0.2) is 29.5 Å². The highest BCUT2D eigenvalue weighted by Crippen LogP contribution is 1.99. The molecule has 15 heavy (non-hydrogen) atoms. The summed E-state index contributed by atoms with van der Waals surface area (Å²) in [6.07, 6.45) is 2.89. The number of rotatable bonds is 4. The average Bonchev–Trinajstić information content (AvgIpc) is 2.02. The van der Waals surface area contributed by atoms with Crippen molar-refractivity contribution in [1.82, 2.24) is 5.32 Å². The van der Waals surface area contributed by atoms with Crippen LogP contribution in [-0.2, 0) is 0 Å². The largest absolute Gasteiger partial charge is 0.503 e. The maximum absolute atomic E-state index is 8.56. The number of hydrogen-bond donors (Lipinski definition) is 3. The van der Waals surface area contributed by atoms with Crippen LogP contribution in [0, 0.1) is 0 Å². The molecule has 5 heteroatoms. The SMILES string of the molecule is CNC(C)CCC=C(C)C.Cl.O=C(O)O. The second kappa shape index (κ2) is 13.3. The Morgan fingerprint density at radius 1 is 1.40 bits per heavy atom. The third kappa shape index (κ3) is 31.9.